The van der Waals surface area contributed by atoms with Gasteiger partial charge in [0.25, 0.3) is 5.91 Å². The number of esters is 1. The third kappa shape index (κ3) is 5.34. The van der Waals surface area contributed by atoms with Gasteiger partial charge in [-0.15, -0.1) is 0 Å². The van der Waals surface area contributed by atoms with E-state index in [4.69, 9.17) is 16.3 Å². The molecule has 20 heavy (non-hydrogen) atoms. The van der Waals surface area contributed by atoms with Crippen LogP contribution in [0.3, 0.4) is 0 Å². The first kappa shape index (κ1) is 16.7. The van der Waals surface area contributed by atoms with Crippen molar-refractivity contribution in [1.29, 1.82) is 0 Å². The summed E-state index contributed by atoms with van der Waals surface area (Å²) in [4.78, 5) is 31.0. The number of carbonyl (C=O) groups is 2. The van der Waals surface area contributed by atoms with Crippen molar-refractivity contribution < 1.29 is 14.3 Å². The fourth-order valence-electron chi connectivity index (χ4n) is 1.36. The zero-order valence-electron chi connectivity index (χ0n) is 11.3. The highest BCUT2D eigenvalue weighted by Gasteiger charge is 2.13. The molecular formula is C12H16ClN3O3S. The fourth-order valence-corrected chi connectivity index (χ4v) is 1.88. The van der Waals surface area contributed by atoms with Gasteiger partial charge in [0.1, 0.15) is 0 Å². The number of nitrogens with zero attached hydrogens (tertiary/aromatic N) is 2. The molecular weight excluding hydrogens is 302 g/mol. The Kier molecular flexibility index (Phi) is 7.32. The number of hydrogen-bond donors (Lipinski definition) is 1. The molecule has 1 rings (SSSR count). The molecule has 1 N–H and O–H groups in total. The Hall–Kier alpha value is -1.34. The fraction of sp³-hybridized carbons (Fsp3) is 0.500. The smallest absolute Gasteiger partial charge is 0.305 e. The Morgan fingerprint density at radius 1 is 1.50 bits per heavy atom. The minimum absolute atomic E-state index is 0.141. The Bertz CT molecular complexity index is 485. The van der Waals surface area contributed by atoms with Gasteiger partial charge in [0.2, 0.25) is 0 Å². The van der Waals surface area contributed by atoms with Crippen LogP contribution in [0.4, 0.5) is 0 Å². The molecule has 1 aromatic rings. The van der Waals surface area contributed by atoms with E-state index in [-0.39, 0.29) is 29.0 Å². The molecule has 0 fully saturated rings. The molecule has 1 heterocycles. The van der Waals surface area contributed by atoms with Gasteiger partial charge in [-0.2, -0.15) is 0 Å². The van der Waals surface area contributed by atoms with Gasteiger partial charge in [-0.05, 0) is 19.6 Å². The van der Waals surface area contributed by atoms with Gasteiger partial charge in [-0.3, -0.25) is 9.59 Å². The van der Waals surface area contributed by atoms with E-state index in [1.807, 2.05) is 6.26 Å². The van der Waals surface area contributed by atoms with Crippen LogP contribution in [0.1, 0.15) is 30.3 Å². The van der Waals surface area contributed by atoms with Crippen molar-refractivity contribution in [3.05, 3.63) is 16.9 Å². The van der Waals surface area contributed by atoms with E-state index in [9.17, 15) is 9.59 Å². The molecule has 0 aliphatic carbocycles. The summed E-state index contributed by atoms with van der Waals surface area (Å²) in [6, 6.07) is 0. The molecule has 0 atom stereocenters. The van der Waals surface area contributed by atoms with Crippen molar-refractivity contribution in [2.24, 2.45) is 0 Å². The van der Waals surface area contributed by atoms with E-state index in [2.05, 4.69) is 15.3 Å². The van der Waals surface area contributed by atoms with Crippen LogP contribution in [0.15, 0.2) is 11.4 Å². The first-order valence-electron chi connectivity index (χ1n) is 6.08. The summed E-state index contributed by atoms with van der Waals surface area (Å²) in [5.74, 6) is -0.650. The number of ether oxygens (including phenoxy) is 1. The van der Waals surface area contributed by atoms with Crippen LogP contribution in [0.2, 0.25) is 5.02 Å². The van der Waals surface area contributed by atoms with Crippen molar-refractivity contribution in [3.63, 3.8) is 0 Å². The minimum Gasteiger partial charge on any atom is -0.466 e. The molecule has 1 amide bonds. The maximum atomic E-state index is 11.9. The second-order valence-electron chi connectivity index (χ2n) is 3.72. The van der Waals surface area contributed by atoms with Crippen molar-refractivity contribution in [2.45, 2.75) is 24.9 Å². The zero-order chi connectivity index (χ0) is 15.0. The highest BCUT2D eigenvalue weighted by molar-refractivity contribution is 7.98. The maximum absolute atomic E-state index is 11.9. The molecule has 8 heteroatoms. The average Bonchev–Trinajstić information content (AvgIpc) is 2.44. The molecule has 6 nitrogen and oxygen atoms in total. The van der Waals surface area contributed by atoms with Gasteiger partial charge in [0, 0.05) is 13.0 Å². The molecule has 0 aliphatic rings. The number of hydrogen-bond acceptors (Lipinski definition) is 6. The van der Waals surface area contributed by atoms with E-state index in [1.165, 1.54) is 18.0 Å². The van der Waals surface area contributed by atoms with Gasteiger partial charge in [-0.25, -0.2) is 9.97 Å². The lowest BCUT2D eigenvalue weighted by Gasteiger charge is -2.06. The van der Waals surface area contributed by atoms with Gasteiger partial charge in [0.15, 0.2) is 10.9 Å². The molecule has 0 aromatic carbocycles. The number of halogens is 1. The Morgan fingerprint density at radius 2 is 2.25 bits per heavy atom. The lowest BCUT2D eigenvalue weighted by molar-refractivity contribution is -0.143. The summed E-state index contributed by atoms with van der Waals surface area (Å²) in [5, 5.41) is 3.34. The normalized spacial score (nSPS) is 10.2. The SMILES string of the molecule is CCOC(=O)CCCNC(=O)c1nc(SC)ncc1Cl. The highest BCUT2D eigenvalue weighted by atomic mass is 35.5. The zero-order valence-corrected chi connectivity index (χ0v) is 12.9. The highest BCUT2D eigenvalue weighted by Crippen LogP contribution is 2.16. The van der Waals surface area contributed by atoms with Crippen LogP contribution in [-0.2, 0) is 9.53 Å². The number of amides is 1. The summed E-state index contributed by atoms with van der Waals surface area (Å²) in [6.45, 7) is 2.46. The van der Waals surface area contributed by atoms with Crippen molar-refractivity contribution in [2.75, 3.05) is 19.4 Å². The minimum atomic E-state index is -0.378. The molecule has 0 aliphatic heterocycles. The van der Waals surface area contributed by atoms with Crippen LogP contribution < -0.4 is 5.32 Å². The van der Waals surface area contributed by atoms with Gasteiger partial charge >= 0.3 is 5.97 Å². The van der Waals surface area contributed by atoms with Crippen molar-refractivity contribution >= 4 is 35.2 Å². The molecule has 0 saturated heterocycles. The number of rotatable bonds is 7. The van der Waals surface area contributed by atoms with Crippen LogP contribution in [0.25, 0.3) is 0 Å². The van der Waals surface area contributed by atoms with Gasteiger partial charge < -0.3 is 10.1 Å². The van der Waals surface area contributed by atoms with E-state index < -0.39 is 0 Å². The van der Waals surface area contributed by atoms with E-state index in [1.54, 1.807) is 6.92 Å². The van der Waals surface area contributed by atoms with E-state index in [0.29, 0.717) is 24.7 Å². The van der Waals surface area contributed by atoms with Gasteiger partial charge in [-0.1, -0.05) is 23.4 Å². The van der Waals surface area contributed by atoms with Crippen LogP contribution in [0, 0.1) is 0 Å². The van der Waals surface area contributed by atoms with Gasteiger partial charge in [0.05, 0.1) is 17.8 Å². The van der Waals surface area contributed by atoms with Crippen LogP contribution >= 0.6 is 23.4 Å². The third-order valence-corrected chi connectivity index (χ3v) is 3.11. The average molecular weight is 318 g/mol. The number of nitrogens with one attached hydrogen (secondary N) is 1. The quantitative estimate of drug-likeness (QED) is 0.358. The molecule has 1 aromatic heterocycles. The maximum Gasteiger partial charge on any atom is 0.305 e. The number of thioether (sulfide) groups is 1. The summed E-state index contributed by atoms with van der Waals surface area (Å²) >= 11 is 7.21. The predicted molar refractivity (Wildman–Crippen MR) is 77.0 cm³/mol. The summed E-state index contributed by atoms with van der Waals surface area (Å²) in [7, 11) is 0. The lowest BCUT2D eigenvalue weighted by atomic mass is 10.3. The Labute approximate surface area is 126 Å². The number of aromatic nitrogens is 2. The molecule has 0 bridgehead atoms. The second kappa shape index (κ2) is 8.76. The first-order chi connectivity index (χ1) is 9.58. The predicted octanol–water partition coefficient (Wildman–Crippen LogP) is 1.92. The molecule has 0 spiro atoms. The molecule has 110 valence electrons. The lowest BCUT2D eigenvalue weighted by Crippen LogP contribution is -2.26. The summed E-state index contributed by atoms with van der Waals surface area (Å²) in [5.41, 5.74) is 0.141. The molecule has 0 saturated carbocycles. The van der Waals surface area contributed by atoms with Crippen LogP contribution in [-0.4, -0.2) is 41.3 Å². The summed E-state index contributed by atoms with van der Waals surface area (Å²) in [6.07, 6.45) is 3.97. The topological polar surface area (TPSA) is 81.2 Å². The van der Waals surface area contributed by atoms with E-state index >= 15 is 0 Å². The molecule has 0 radical (unpaired) electrons. The van der Waals surface area contributed by atoms with E-state index in [0.717, 1.165) is 0 Å². The molecule has 0 unspecified atom stereocenters. The van der Waals surface area contributed by atoms with Crippen molar-refractivity contribution in [1.82, 2.24) is 15.3 Å². The summed E-state index contributed by atoms with van der Waals surface area (Å²) < 4.78 is 4.79. The van der Waals surface area contributed by atoms with Crippen LogP contribution in [0.5, 0.6) is 0 Å². The third-order valence-electron chi connectivity index (χ3n) is 2.27. The largest absolute Gasteiger partial charge is 0.466 e. The Morgan fingerprint density at radius 3 is 2.90 bits per heavy atom. The monoisotopic (exact) mass is 317 g/mol. The Balaban J connectivity index is 2.45. The first-order valence-corrected chi connectivity index (χ1v) is 7.69. The van der Waals surface area contributed by atoms with Crippen molar-refractivity contribution in [3.8, 4) is 0 Å². The second-order valence-corrected chi connectivity index (χ2v) is 4.90. The standard InChI is InChI=1S/C12H16ClN3O3S/c1-3-19-9(17)5-4-6-14-11(18)10-8(13)7-15-12(16-10)20-2/h7H,3-6H2,1-2H3,(H,14,18). The number of carbonyl (C=O) groups excluding carboxylic acids is 2.